The molecule has 4 heteroatoms. The van der Waals surface area contributed by atoms with E-state index in [9.17, 15) is 9.59 Å². The van der Waals surface area contributed by atoms with Gasteiger partial charge >= 0.3 is 11.9 Å². The summed E-state index contributed by atoms with van der Waals surface area (Å²) in [5, 5.41) is 0. The van der Waals surface area contributed by atoms with E-state index in [2.05, 4.69) is 11.7 Å². The predicted molar refractivity (Wildman–Crippen MR) is 65.6 cm³/mol. The highest BCUT2D eigenvalue weighted by atomic mass is 16.6. The number of carbonyl (C=O) groups excluding carboxylic acids is 2. The van der Waals surface area contributed by atoms with E-state index in [4.69, 9.17) is 4.74 Å². The molecule has 0 rings (SSSR count). The molecule has 0 aliphatic heterocycles. The quantitative estimate of drug-likeness (QED) is 0.355. The fourth-order valence-electron chi connectivity index (χ4n) is 1.51. The van der Waals surface area contributed by atoms with Gasteiger partial charge in [-0.05, 0) is 26.7 Å². The summed E-state index contributed by atoms with van der Waals surface area (Å²) < 4.78 is 9.78. The summed E-state index contributed by atoms with van der Waals surface area (Å²) in [5.41, 5.74) is 0. The maximum Gasteiger partial charge on any atom is 0.317 e. The summed E-state index contributed by atoms with van der Waals surface area (Å²) in [6.07, 6.45) is 5.08. The molecule has 0 aromatic carbocycles. The third kappa shape index (κ3) is 9.85. The van der Waals surface area contributed by atoms with Gasteiger partial charge in [0, 0.05) is 0 Å². The van der Waals surface area contributed by atoms with Crippen molar-refractivity contribution in [3.63, 3.8) is 0 Å². The third-order valence-electron chi connectivity index (χ3n) is 2.39. The Morgan fingerprint density at radius 2 is 1.76 bits per heavy atom. The molecule has 0 radical (unpaired) electrons. The second-order valence-electron chi connectivity index (χ2n) is 4.13. The van der Waals surface area contributed by atoms with Crippen LogP contribution in [-0.2, 0) is 19.1 Å². The van der Waals surface area contributed by atoms with Gasteiger partial charge in [-0.2, -0.15) is 0 Å². The van der Waals surface area contributed by atoms with Gasteiger partial charge in [0.1, 0.15) is 6.42 Å². The van der Waals surface area contributed by atoms with Crippen LogP contribution < -0.4 is 0 Å². The molecule has 0 aliphatic rings. The number of rotatable bonds is 9. The molecule has 4 nitrogen and oxygen atoms in total. The van der Waals surface area contributed by atoms with Crippen LogP contribution in [0.3, 0.4) is 0 Å². The molecule has 1 unspecified atom stereocenters. The Balaban J connectivity index is 3.61. The van der Waals surface area contributed by atoms with Crippen LogP contribution in [0.25, 0.3) is 0 Å². The van der Waals surface area contributed by atoms with Crippen molar-refractivity contribution >= 4 is 11.9 Å². The van der Waals surface area contributed by atoms with Crippen molar-refractivity contribution in [1.29, 1.82) is 0 Å². The molecule has 1 atom stereocenters. The molecular formula is C13H24O4. The minimum Gasteiger partial charge on any atom is -0.466 e. The van der Waals surface area contributed by atoms with Gasteiger partial charge in [-0.15, -0.1) is 0 Å². The van der Waals surface area contributed by atoms with Gasteiger partial charge in [-0.1, -0.05) is 26.2 Å². The lowest BCUT2D eigenvalue weighted by Gasteiger charge is -2.12. The van der Waals surface area contributed by atoms with Crippen LogP contribution in [0.1, 0.15) is 59.3 Å². The number of ether oxygens (including phenoxy) is 2. The van der Waals surface area contributed by atoms with E-state index in [1.165, 1.54) is 12.8 Å². The molecule has 0 N–H and O–H groups in total. The number of esters is 2. The van der Waals surface area contributed by atoms with Crippen LogP contribution in [0.5, 0.6) is 0 Å². The third-order valence-corrected chi connectivity index (χ3v) is 2.39. The molecule has 0 heterocycles. The highest BCUT2D eigenvalue weighted by Gasteiger charge is 2.14. The molecule has 0 spiro atoms. The normalized spacial score (nSPS) is 11.9. The Kier molecular flexibility index (Phi) is 9.49. The van der Waals surface area contributed by atoms with Crippen molar-refractivity contribution in [2.45, 2.75) is 65.4 Å². The monoisotopic (exact) mass is 244 g/mol. The Morgan fingerprint density at radius 1 is 1.06 bits per heavy atom. The van der Waals surface area contributed by atoms with Crippen molar-refractivity contribution < 1.29 is 19.1 Å². The SMILES string of the molecule is CCCCCCC(C)OC(=O)CC(=O)OCC. The molecule has 100 valence electrons. The topological polar surface area (TPSA) is 52.6 Å². The maximum absolute atomic E-state index is 11.3. The molecule has 0 fully saturated rings. The summed E-state index contributed by atoms with van der Waals surface area (Å²) in [6.45, 7) is 6.01. The van der Waals surface area contributed by atoms with Crippen molar-refractivity contribution in [2.75, 3.05) is 6.61 Å². The van der Waals surface area contributed by atoms with E-state index in [-0.39, 0.29) is 12.5 Å². The minimum absolute atomic E-state index is 0.117. The van der Waals surface area contributed by atoms with Gasteiger partial charge in [0.05, 0.1) is 12.7 Å². The lowest BCUT2D eigenvalue weighted by molar-refractivity contribution is -0.157. The van der Waals surface area contributed by atoms with Crippen molar-refractivity contribution in [3.05, 3.63) is 0 Å². The van der Waals surface area contributed by atoms with E-state index in [0.29, 0.717) is 6.61 Å². The van der Waals surface area contributed by atoms with E-state index >= 15 is 0 Å². The second-order valence-corrected chi connectivity index (χ2v) is 4.13. The van der Waals surface area contributed by atoms with Crippen molar-refractivity contribution in [1.82, 2.24) is 0 Å². The second kappa shape index (κ2) is 10.1. The molecule has 0 bridgehead atoms. The van der Waals surface area contributed by atoms with E-state index in [1.54, 1.807) is 6.92 Å². The van der Waals surface area contributed by atoms with Crippen LogP contribution in [0, 0.1) is 0 Å². The lowest BCUT2D eigenvalue weighted by atomic mass is 10.1. The summed E-state index contributed by atoms with van der Waals surface area (Å²) >= 11 is 0. The molecular weight excluding hydrogens is 220 g/mol. The molecule has 0 amide bonds. The summed E-state index contributed by atoms with van der Waals surface area (Å²) in [4.78, 5) is 22.3. The standard InChI is InChI=1S/C13H24O4/c1-4-6-7-8-9-11(3)17-13(15)10-12(14)16-5-2/h11H,4-10H2,1-3H3. The molecule has 17 heavy (non-hydrogen) atoms. The van der Waals surface area contributed by atoms with E-state index < -0.39 is 11.9 Å². The molecule has 0 aliphatic carbocycles. The van der Waals surface area contributed by atoms with Crippen LogP contribution in [-0.4, -0.2) is 24.6 Å². The first kappa shape index (κ1) is 15.9. The zero-order valence-corrected chi connectivity index (χ0v) is 11.2. The maximum atomic E-state index is 11.3. The van der Waals surface area contributed by atoms with Crippen molar-refractivity contribution in [3.8, 4) is 0 Å². The highest BCUT2D eigenvalue weighted by molar-refractivity contribution is 5.91. The Hall–Kier alpha value is -1.06. The van der Waals surface area contributed by atoms with Gasteiger partial charge < -0.3 is 9.47 Å². The minimum atomic E-state index is -0.518. The van der Waals surface area contributed by atoms with Gasteiger partial charge in [-0.3, -0.25) is 9.59 Å². The average Bonchev–Trinajstić information content (AvgIpc) is 2.24. The van der Waals surface area contributed by atoms with Gasteiger partial charge in [0.2, 0.25) is 0 Å². The average molecular weight is 244 g/mol. The lowest BCUT2D eigenvalue weighted by Crippen LogP contribution is -2.19. The Labute approximate surface area is 104 Å². The Bertz CT molecular complexity index is 225. The first-order valence-corrected chi connectivity index (χ1v) is 6.45. The van der Waals surface area contributed by atoms with Crippen LogP contribution in [0.2, 0.25) is 0 Å². The molecule has 0 saturated heterocycles. The summed E-state index contributed by atoms with van der Waals surface area (Å²) in [6, 6.07) is 0. The smallest absolute Gasteiger partial charge is 0.317 e. The number of hydrogen-bond donors (Lipinski definition) is 0. The van der Waals surface area contributed by atoms with E-state index in [1.807, 2.05) is 6.92 Å². The molecule has 0 saturated carbocycles. The van der Waals surface area contributed by atoms with Crippen molar-refractivity contribution in [2.24, 2.45) is 0 Å². The first-order valence-electron chi connectivity index (χ1n) is 6.45. The molecule has 0 aromatic heterocycles. The predicted octanol–water partition coefficient (Wildman–Crippen LogP) is 2.84. The van der Waals surface area contributed by atoms with E-state index in [0.717, 1.165) is 19.3 Å². The largest absolute Gasteiger partial charge is 0.466 e. The highest BCUT2D eigenvalue weighted by Crippen LogP contribution is 2.08. The zero-order valence-electron chi connectivity index (χ0n) is 11.2. The van der Waals surface area contributed by atoms with Gasteiger partial charge in [-0.25, -0.2) is 0 Å². The van der Waals surface area contributed by atoms with Crippen LogP contribution in [0.15, 0.2) is 0 Å². The van der Waals surface area contributed by atoms with Gasteiger partial charge in [0.15, 0.2) is 0 Å². The number of unbranched alkanes of at least 4 members (excludes halogenated alkanes) is 3. The number of hydrogen-bond acceptors (Lipinski definition) is 4. The summed E-state index contributed by atoms with van der Waals surface area (Å²) in [7, 11) is 0. The number of carbonyl (C=O) groups is 2. The van der Waals surface area contributed by atoms with Crippen LogP contribution >= 0.6 is 0 Å². The Morgan fingerprint density at radius 3 is 2.35 bits per heavy atom. The zero-order chi connectivity index (χ0) is 13.1. The van der Waals surface area contributed by atoms with Crippen LogP contribution in [0.4, 0.5) is 0 Å². The fourth-order valence-corrected chi connectivity index (χ4v) is 1.51. The first-order chi connectivity index (χ1) is 8.10. The summed E-state index contributed by atoms with van der Waals surface area (Å²) in [5.74, 6) is -1.01. The fraction of sp³-hybridized carbons (Fsp3) is 0.846. The molecule has 0 aromatic rings. The van der Waals surface area contributed by atoms with Gasteiger partial charge in [0.25, 0.3) is 0 Å².